The number of rotatable bonds is 9. The highest BCUT2D eigenvalue weighted by atomic mass is 16.5. The van der Waals surface area contributed by atoms with E-state index in [2.05, 4.69) is 22.2 Å². The molecule has 0 aromatic heterocycles. The fourth-order valence-electron chi connectivity index (χ4n) is 1.76. The lowest BCUT2D eigenvalue weighted by Crippen LogP contribution is -2.45. The number of nitrogens with zero attached hydrogens (tertiary/aromatic N) is 2. The van der Waals surface area contributed by atoms with Crippen LogP contribution in [0.15, 0.2) is 0 Å². The van der Waals surface area contributed by atoms with Gasteiger partial charge in [0, 0.05) is 45.9 Å². The van der Waals surface area contributed by atoms with Gasteiger partial charge in [-0.3, -0.25) is 4.90 Å². The molecule has 1 rings (SSSR count). The van der Waals surface area contributed by atoms with E-state index in [4.69, 9.17) is 9.47 Å². The number of likely N-dealkylation sites (N-methyl/N-ethyl adjacent to an activating group) is 1. The minimum atomic E-state index is 0.196. The van der Waals surface area contributed by atoms with Gasteiger partial charge in [0.1, 0.15) is 12.9 Å². The normalized spacial score (nSPS) is 16.6. The monoisotopic (exact) mass is 289 g/mol. The van der Waals surface area contributed by atoms with Crippen molar-refractivity contribution in [1.82, 2.24) is 15.1 Å². The summed E-state index contributed by atoms with van der Waals surface area (Å²) in [5.74, 6) is 0. The summed E-state index contributed by atoms with van der Waals surface area (Å²) in [4.78, 5) is 14.8. The molecule has 120 valence electrons. The number of piperazine rings is 1. The summed E-state index contributed by atoms with van der Waals surface area (Å²) in [5, 5.41) is 2.75. The van der Waals surface area contributed by atoms with Gasteiger partial charge in [0.05, 0.1) is 6.61 Å². The fourth-order valence-corrected chi connectivity index (χ4v) is 1.76. The maximum absolute atomic E-state index is 9.97. The van der Waals surface area contributed by atoms with Crippen LogP contribution in [0.1, 0.15) is 6.42 Å². The van der Waals surface area contributed by atoms with Crippen LogP contribution >= 0.6 is 0 Å². The Hall–Kier alpha value is -0.530. The minimum absolute atomic E-state index is 0.196. The summed E-state index contributed by atoms with van der Waals surface area (Å²) >= 11 is 0. The van der Waals surface area contributed by atoms with Crippen LogP contribution in [-0.4, -0.2) is 96.4 Å². The molecule has 0 aromatic rings. The van der Waals surface area contributed by atoms with E-state index in [-0.39, 0.29) is 6.61 Å². The Bertz CT molecular complexity index is 210. The molecule has 0 aromatic carbocycles. The predicted molar refractivity (Wildman–Crippen MR) is 81.2 cm³/mol. The molecule has 20 heavy (non-hydrogen) atoms. The van der Waals surface area contributed by atoms with E-state index in [0.29, 0.717) is 13.2 Å². The van der Waals surface area contributed by atoms with Gasteiger partial charge in [-0.25, -0.2) is 0 Å². The average molecular weight is 289 g/mol. The number of hydrogen-bond donors (Lipinski definition) is 1. The Balaban J connectivity index is 0.00000110. The third kappa shape index (κ3) is 12.5. The molecule has 0 saturated carbocycles. The Kier molecular flexibility index (Phi) is 14.5. The van der Waals surface area contributed by atoms with Crippen molar-refractivity contribution in [2.45, 2.75) is 6.42 Å². The van der Waals surface area contributed by atoms with Crippen LogP contribution in [0.3, 0.4) is 0 Å². The zero-order valence-corrected chi connectivity index (χ0v) is 13.3. The van der Waals surface area contributed by atoms with Gasteiger partial charge in [-0.05, 0) is 27.6 Å². The van der Waals surface area contributed by atoms with E-state index in [9.17, 15) is 4.79 Å². The number of ether oxygens (including phenoxy) is 2. The van der Waals surface area contributed by atoms with Crippen LogP contribution in [0.5, 0.6) is 0 Å². The third-order valence-corrected chi connectivity index (χ3v) is 2.91. The molecule has 0 bridgehead atoms. The summed E-state index contributed by atoms with van der Waals surface area (Å²) in [5.41, 5.74) is 0. The molecule has 0 radical (unpaired) electrons. The van der Waals surface area contributed by atoms with Gasteiger partial charge in [0.25, 0.3) is 0 Å². The number of aldehydes is 1. The Morgan fingerprint density at radius 1 is 1.05 bits per heavy atom. The van der Waals surface area contributed by atoms with Gasteiger partial charge in [-0.2, -0.15) is 0 Å². The Labute approximate surface area is 123 Å². The lowest BCUT2D eigenvalue weighted by molar-refractivity contribution is -0.112. The second kappa shape index (κ2) is 14.9. The summed E-state index contributed by atoms with van der Waals surface area (Å²) in [6, 6.07) is 0. The smallest absolute Gasteiger partial charge is 0.145 e. The second-order valence-corrected chi connectivity index (χ2v) is 4.85. The first-order valence-corrected chi connectivity index (χ1v) is 7.33. The maximum Gasteiger partial charge on any atom is 0.145 e. The van der Waals surface area contributed by atoms with E-state index in [0.717, 1.165) is 52.0 Å². The van der Waals surface area contributed by atoms with Crippen molar-refractivity contribution in [3.05, 3.63) is 0 Å². The van der Waals surface area contributed by atoms with Crippen molar-refractivity contribution in [2.75, 3.05) is 80.3 Å². The Morgan fingerprint density at radius 2 is 1.65 bits per heavy atom. The van der Waals surface area contributed by atoms with Gasteiger partial charge in [-0.1, -0.05) is 0 Å². The van der Waals surface area contributed by atoms with Gasteiger partial charge in [-0.15, -0.1) is 0 Å². The largest absolute Gasteiger partial charge is 0.380 e. The van der Waals surface area contributed by atoms with Gasteiger partial charge >= 0.3 is 0 Å². The molecule has 0 amide bonds. The van der Waals surface area contributed by atoms with Gasteiger partial charge < -0.3 is 24.5 Å². The van der Waals surface area contributed by atoms with Crippen molar-refractivity contribution in [2.24, 2.45) is 0 Å². The molecule has 1 aliphatic rings. The predicted octanol–water partition coefficient (Wildman–Crippen LogP) is -0.308. The molecule has 1 heterocycles. The highest BCUT2D eigenvalue weighted by molar-refractivity contribution is 5.50. The number of carbonyl (C=O) groups is 1. The molecule has 1 N–H and O–H groups in total. The molecule has 1 fully saturated rings. The lowest BCUT2D eigenvalue weighted by atomic mass is 10.3. The number of carbonyl (C=O) groups excluding carboxylic acids is 1. The van der Waals surface area contributed by atoms with Crippen LogP contribution in [0.25, 0.3) is 0 Å². The van der Waals surface area contributed by atoms with E-state index in [1.54, 1.807) is 0 Å². The van der Waals surface area contributed by atoms with Crippen LogP contribution in [0.2, 0.25) is 0 Å². The number of nitrogens with one attached hydrogen (secondary N) is 1. The first kappa shape index (κ1) is 19.5. The molecule has 1 aliphatic heterocycles. The first-order chi connectivity index (χ1) is 9.74. The van der Waals surface area contributed by atoms with Crippen molar-refractivity contribution >= 4 is 6.29 Å². The van der Waals surface area contributed by atoms with E-state index in [1.165, 1.54) is 0 Å². The molecular weight excluding hydrogens is 258 g/mol. The van der Waals surface area contributed by atoms with Crippen molar-refractivity contribution in [3.8, 4) is 0 Å². The van der Waals surface area contributed by atoms with Gasteiger partial charge in [0.15, 0.2) is 0 Å². The quantitative estimate of drug-likeness (QED) is 0.464. The van der Waals surface area contributed by atoms with Crippen LogP contribution in [0, 0.1) is 0 Å². The maximum atomic E-state index is 9.97. The third-order valence-electron chi connectivity index (χ3n) is 2.91. The van der Waals surface area contributed by atoms with E-state index < -0.39 is 0 Å². The molecule has 6 nitrogen and oxygen atoms in total. The summed E-state index contributed by atoms with van der Waals surface area (Å²) in [6.07, 6.45) is 1.63. The fraction of sp³-hybridized carbons (Fsp3) is 0.929. The molecule has 6 heteroatoms. The molecule has 0 spiro atoms. The van der Waals surface area contributed by atoms with Crippen LogP contribution in [0.4, 0.5) is 0 Å². The van der Waals surface area contributed by atoms with E-state index >= 15 is 0 Å². The topological polar surface area (TPSA) is 54.0 Å². The zero-order valence-electron chi connectivity index (χ0n) is 13.3. The summed E-state index contributed by atoms with van der Waals surface area (Å²) in [6.45, 7) is 7.91. The molecule has 0 aliphatic carbocycles. The minimum Gasteiger partial charge on any atom is -0.380 e. The zero-order chi connectivity index (χ0) is 15.1. The Morgan fingerprint density at radius 3 is 2.25 bits per heavy atom. The highest BCUT2D eigenvalue weighted by Crippen LogP contribution is 1.98. The molecule has 0 atom stereocenters. The number of hydrogen-bond acceptors (Lipinski definition) is 6. The van der Waals surface area contributed by atoms with Crippen molar-refractivity contribution in [1.29, 1.82) is 0 Å². The first-order valence-electron chi connectivity index (χ1n) is 7.33. The summed E-state index contributed by atoms with van der Waals surface area (Å²) < 4.78 is 10.5. The van der Waals surface area contributed by atoms with E-state index in [1.807, 2.05) is 14.1 Å². The average Bonchev–Trinajstić information content (AvgIpc) is 2.45. The van der Waals surface area contributed by atoms with Gasteiger partial charge in [0.2, 0.25) is 0 Å². The van der Waals surface area contributed by atoms with Crippen LogP contribution in [-0.2, 0) is 14.3 Å². The lowest BCUT2D eigenvalue weighted by Gasteiger charge is -2.32. The summed E-state index contributed by atoms with van der Waals surface area (Å²) in [7, 11) is 5.91. The molecule has 0 unspecified atom stereocenters. The molecular formula is C14H31N3O3. The van der Waals surface area contributed by atoms with Crippen LogP contribution < -0.4 is 5.32 Å². The SMILES string of the molecule is CN1CCN(CCOCCCOCC=O)CC1.CNC. The second-order valence-electron chi connectivity index (χ2n) is 4.85. The standard InChI is InChI=1S/C12H24N2O3.C2H7N/c1-13-3-5-14(6-4-13)7-11-16-9-2-10-17-12-8-15;1-3-2/h8H,2-7,9-12H2,1H3;3H,1-2H3. The van der Waals surface area contributed by atoms with Crippen molar-refractivity contribution < 1.29 is 14.3 Å². The van der Waals surface area contributed by atoms with Crippen molar-refractivity contribution in [3.63, 3.8) is 0 Å². The highest BCUT2D eigenvalue weighted by Gasteiger charge is 2.12. The molecule has 1 saturated heterocycles.